The van der Waals surface area contributed by atoms with Gasteiger partial charge in [0.15, 0.2) is 5.13 Å². The molecule has 0 unspecified atom stereocenters. The predicted octanol–water partition coefficient (Wildman–Crippen LogP) is 4.39. The average Bonchev–Trinajstić information content (AvgIpc) is 2.95. The van der Waals surface area contributed by atoms with Gasteiger partial charge in [-0.15, -0.1) is 0 Å². The molecule has 23 heavy (non-hydrogen) atoms. The summed E-state index contributed by atoms with van der Waals surface area (Å²) in [6.07, 6.45) is 0. The van der Waals surface area contributed by atoms with Gasteiger partial charge < -0.3 is 10.1 Å². The molecule has 0 aliphatic carbocycles. The summed E-state index contributed by atoms with van der Waals surface area (Å²) >= 11 is 1.54. The van der Waals surface area contributed by atoms with Gasteiger partial charge in [-0.05, 0) is 37.6 Å². The Morgan fingerprint density at radius 1 is 1.26 bits per heavy atom. The second kappa shape index (κ2) is 6.79. The maximum absolute atomic E-state index is 11.8. The highest BCUT2D eigenvalue weighted by Crippen LogP contribution is 2.27. The lowest BCUT2D eigenvalue weighted by molar-refractivity contribution is 0.0526. The van der Waals surface area contributed by atoms with Gasteiger partial charge in [-0.25, -0.2) is 9.78 Å². The van der Waals surface area contributed by atoms with Crippen molar-refractivity contribution in [1.82, 2.24) is 4.98 Å². The first kappa shape index (κ1) is 15.5. The number of benzene rings is 2. The third-order valence-electron chi connectivity index (χ3n) is 3.43. The number of hydrogen-bond donors (Lipinski definition) is 1. The molecule has 4 nitrogen and oxygen atoms in total. The summed E-state index contributed by atoms with van der Waals surface area (Å²) in [6, 6.07) is 13.8. The molecule has 0 spiro atoms. The Labute approximate surface area is 139 Å². The SMILES string of the molecule is CCOC(=O)c1ccc2nc(NCc3cccc(C)c3)sc2c1. The summed E-state index contributed by atoms with van der Waals surface area (Å²) < 4.78 is 6.00. The molecule has 0 aliphatic heterocycles. The zero-order valence-corrected chi connectivity index (χ0v) is 13.9. The molecule has 0 saturated heterocycles. The van der Waals surface area contributed by atoms with Crippen LogP contribution in [0, 0.1) is 6.92 Å². The molecule has 0 radical (unpaired) electrons. The van der Waals surface area contributed by atoms with Crippen LogP contribution >= 0.6 is 11.3 Å². The predicted molar refractivity (Wildman–Crippen MR) is 94.1 cm³/mol. The molecule has 1 N–H and O–H groups in total. The number of rotatable bonds is 5. The van der Waals surface area contributed by atoms with Crippen molar-refractivity contribution in [3.05, 3.63) is 59.2 Å². The zero-order valence-electron chi connectivity index (χ0n) is 13.1. The Balaban J connectivity index is 1.76. The number of carbonyl (C=O) groups excluding carboxylic acids is 1. The van der Waals surface area contributed by atoms with Crippen LogP contribution in [0.3, 0.4) is 0 Å². The van der Waals surface area contributed by atoms with Crippen LogP contribution in [0.5, 0.6) is 0 Å². The molecule has 1 heterocycles. The van der Waals surface area contributed by atoms with Gasteiger partial charge in [0.2, 0.25) is 0 Å². The van der Waals surface area contributed by atoms with Crippen molar-refractivity contribution in [2.45, 2.75) is 20.4 Å². The number of hydrogen-bond acceptors (Lipinski definition) is 5. The largest absolute Gasteiger partial charge is 0.462 e. The van der Waals surface area contributed by atoms with Gasteiger partial charge in [0.05, 0.1) is 22.4 Å². The second-order valence-electron chi connectivity index (χ2n) is 5.26. The Kier molecular flexibility index (Phi) is 4.57. The number of fused-ring (bicyclic) bond motifs is 1. The number of nitrogens with zero attached hydrogens (tertiary/aromatic N) is 1. The number of aryl methyl sites for hydroxylation is 1. The summed E-state index contributed by atoms with van der Waals surface area (Å²) in [6.45, 7) is 4.99. The molecular weight excluding hydrogens is 308 g/mol. The van der Waals surface area contributed by atoms with E-state index >= 15 is 0 Å². The van der Waals surface area contributed by atoms with Crippen LogP contribution in [0.15, 0.2) is 42.5 Å². The van der Waals surface area contributed by atoms with Crippen LogP contribution in [-0.4, -0.2) is 17.6 Å². The first-order valence-electron chi connectivity index (χ1n) is 7.53. The van der Waals surface area contributed by atoms with Crippen molar-refractivity contribution in [1.29, 1.82) is 0 Å². The molecule has 3 rings (SSSR count). The van der Waals surface area contributed by atoms with Crippen molar-refractivity contribution >= 4 is 32.7 Å². The number of aromatic nitrogens is 1. The lowest BCUT2D eigenvalue weighted by Gasteiger charge is -2.03. The van der Waals surface area contributed by atoms with Gasteiger partial charge in [-0.1, -0.05) is 41.2 Å². The highest BCUT2D eigenvalue weighted by Gasteiger charge is 2.10. The third kappa shape index (κ3) is 3.68. The highest BCUT2D eigenvalue weighted by atomic mass is 32.1. The van der Waals surface area contributed by atoms with E-state index in [1.807, 2.05) is 12.1 Å². The van der Waals surface area contributed by atoms with Gasteiger partial charge in [-0.2, -0.15) is 0 Å². The average molecular weight is 326 g/mol. The topological polar surface area (TPSA) is 51.2 Å². The monoisotopic (exact) mass is 326 g/mol. The minimum Gasteiger partial charge on any atom is -0.462 e. The Morgan fingerprint density at radius 3 is 2.91 bits per heavy atom. The number of esters is 1. The smallest absolute Gasteiger partial charge is 0.338 e. The molecule has 5 heteroatoms. The molecule has 0 aliphatic rings. The van der Waals surface area contributed by atoms with Crippen LogP contribution in [0.4, 0.5) is 5.13 Å². The minimum absolute atomic E-state index is 0.294. The van der Waals surface area contributed by atoms with Crippen molar-refractivity contribution in [3.8, 4) is 0 Å². The van der Waals surface area contributed by atoms with Crippen molar-refractivity contribution in [3.63, 3.8) is 0 Å². The number of thiazole rings is 1. The van der Waals surface area contributed by atoms with E-state index in [0.29, 0.717) is 12.2 Å². The Bertz CT molecular complexity index is 842. The summed E-state index contributed by atoms with van der Waals surface area (Å²) in [5, 5.41) is 4.19. The minimum atomic E-state index is -0.294. The highest BCUT2D eigenvalue weighted by molar-refractivity contribution is 7.22. The molecule has 3 aromatic rings. The third-order valence-corrected chi connectivity index (χ3v) is 4.40. The molecule has 0 amide bonds. The number of carbonyl (C=O) groups is 1. The summed E-state index contributed by atoms with van der Waals surface area (Å²) in [7, 11) is 0. The number of nitrogens with one attached hydrogen (secondary N) is 1. The van der Waals surface area contributed by atoms with E-state index < -0.39 is 0 Å². The van der Waals surface area contributed by atoms with Gasteiger partial charge in [0.1, 0.15) is 0 Å². The van der Waals surface area contributed by atoms with Crippen LogP contribution in [0.2, 0.25) is 0 Å². The fourth-order valence-corrected chi connectivity index (χ4v) is 3.24. The van der Waals surface area contributed by atoms with E-state index in [1.165, 1.54) is 11.1 Å². The summed E-state index contributed by atoms with van der Waals surface area (Å²) in [5.74, 6) is -0.294. The maximum Gasteiger partial charge on any atom is 0.338 e. The number of anilines is 1. The van der Waals surface area contributed by atoms with E-state index in [-0.39, 0.29) is 5.97 Å². The second-order valence-corrected chi connectivity index (χ2v) is 6.30. The zero-order chi connectivity index (χ0) is 16.2. The standard InChI is InChI=1S/C18H18N2O2S/c1-3-22-17(21)14-7-8-15-16(10-14)23-18(20-15)19-11-13-6-4-5-12(2)9-13/h4-10H,3,11H2,1-2H3,(H,19,20). The van der Waals surface area contributed by atoms with Crippen LogP contribution < -0.4 is 5.32 Å². The van der Waals surface area contributed by atoms with Gasteiger partial charge in [-0.3, -0.25) is 0 Å². The maximum atomic E-state index is 11.8. The van der Waals surface area contributed by atoms with Crippen molar-refractivity contribution in [2.75, 3.05) is 11.9 Å². The van der Waals surface area contributed by atoms with E-state index in [9.17, 15) is 4.79 Å². The molecule has 118 valence electrons. The molecule has 1 aromatic heterocycles. The fraction of sp³-hybridized carbons (Fsp3) is 0.222. The lowest BCUT2D eigenvalue weighted by Crippen LogP contribution is -2.03. The summed E-state index contributed by atoms with van der Waals surface area (Å²) in [4.78, 5) is 16.3. The van der Waals surface area contributed by atoms with E-state index in [1.54, 1.807) is 24.3 Å². The molecule has 2 aromatic carbocycles. The van der Waals surface area contributed by atoms with Crippen LogP contribution in [-0.2, 0) is 11.3 Å². The number of ether oxygens (including phenoxy) is 1. The van der Waals surface area contributed by atoms with E-state index in [2.05, 4.69) is 41.5 Å². The molecule has 0 bridgehead atoms. The first-order valence-corrected chi connectivity index (χ1v) is 8.34. The van der Waals surface area contributed by atoms with Crippen LogP contribution in [0.1, 0.15) is 28.4 Å². The molecule has 0 atom stereocenters. The quantitative estimate of drug-likeness (QED) is 0.706. The van der Waals surface area contributed by atoms with E-state index in [4.69, 9.17) is 4.74 Å². The molecule has 0 saturated carbocycles. The molecular formula is C18H18N2O2S. The normalized spacial score (nSPS) is 10.7. The lowest BCUT2D eigenvalue weighted by atomic mass is 10.1. The fourth-order valence-electron chi connectivity index (χ4n) is 2.34. The van der Waals surface area contributed by atoms with E-state index in [0.717, 1.165) is 21.9 Å². The Morgan fingerprint density at radius 2 is 2.13 bits per heavy atom. The first-order chi connectivity index (χ1) is 11.2. The Hall–Kier alpha value is -2.40. The van der Waals surface area contributed by atoms with Crippen LogP contribution in [0.25, 0.3) is 10.2 Å². The van der Waals surface area contributed by atoms with Crippen molar-refractivity contribution < 1.29 is 9.53 Å². The molecule has 0 fully saturated rings. The van der Waals surface area contributed by atoms with Gasteiger partial charge >= 0.3 is 5.97 Å². The van der Waals surface area contributed by atoms with Gasteiger partial charge in [0.25, 0.3) is 0 Å². The van der Waals surface area contributed by atoms with Gasteiger partial charge in [0, 0.05) is 6.54 Å². The van der Waals surface area contributed by atoms with Crippen molar-refractivity contribution in [2.24, 2.45) is 0 Å². The summed E-state index contributed by atoms with van der Waals surface area (Å²) in [5.41, 5.74) is 3.91.